The van der Waals surface area contributed by atoms with Crippen LogP contribution in [0.3, 0.4) is 0 Å². The number of phenols is 1. The third kappa shape index (κ3) is 3.16. The number of carboxylic acids is 1. The van der Waals surface area contributed by atoms with E-state index in [4.69, 9.17) is 5.11 Å². The molecule has 1 aliphatic heterocycles. The molecule has 1 atom stereocenters. The first kappa shape index (κ1) is 14.5. The van der Waals surface area contributed by atoms with Crippen LogP contribution >= 0.6 is 11.8 Å². The minimum Gasteiger partial charge on any atom is -0.506 e. The van der Waals surface area contributed by atoms with Crippen molar-refractivity contribution in [3.8, 4) is 5.75 Å². The quantitative estimate of drug-likeness (QED) is 0.743. The molecule has 7 heteroatoms. The molecule has 1 unspecified atom stereocenters. The van der Waals surface area contributed by atoms with Crippen molar-refractivity contribution in [2.24, 2.45) is 0 Å². The number of benzene rings is 1. The Labute approximate surface area is 120 Å². The van der Waals surface area contributed by atoms with Crippen LogP contribution in [-0.4, -0.2) is 51.7 Å². The van der Waals surface area contributed by atoms with Crippen molar-refractivity contribution >= 4 is 29.4 Å². The van der Waals surface area contributed by atoms with Gasteiger partial charge in [-0.25, -0.2) is 9.59 Å². The van der Waals surface area contributed by atoms with Gasteiger partial charge in [0.2, 0.25) is 0 Å². The summed E-state index contributed by atoms with van der Waals surface area (Å²) in [4.78, 5) is 24.4. The molecule has 1 heterocycles. The second-order valence-electron chi connectivity index (χ2n) is 4.60. The number of aromatic carboxylic acids is 1. The first-order valence-corrected chi connectivity index (χ1v) is 7.32. The van der Waals surface area contributed by atoms with Crippen molar-refractivity contribution < 1.29 is 19.8 Å². The van der Waals surface area contributed by atoms with Crippen LogP contribution in [0.25, 0.3) is 0 Å². The summed E-state index contributed by atoms with van der Waals surface area (Å²) in [6.45, 7) is 0. The summed E-state index contributed by atoms with van der Waals surface area (Å²) in [5.74, 6) is 0.569. The van der Waals surface area contributed by atoms with Gasteiger partial charge in [-0.1, -0.05) is 0 Å². The van der Waals surface area contributed by atoms with E-state index in [9.17, 15) is 14.7 Å². The zero-order valence-corrected chi connectivity index (χ0v) is 11.8. The van der Waals surface area contributed by atoms with Crippen molar-refractivity contribution in [3.05, 3.63) is 23.8 Å². The predicted octanol–water partition coefficient (Wildman–Crippen LogP) is 2.06. The van der Waals surface area contributed by atoms with Gasteiger partial charge in [0.15, 0.2) is 0 Å². The first-order valence-electron chi connectivity index (χ1n) is 6.17. The Kier molecular flexibility index (Phi) is 4.39. The van der Waals surface area contributed by atoms with Crippen molar-refractivity contribution in [1.29, 1.82) is 0 Å². The van der Waals surface area contributed by atoms with Crippen molar-refractivity contribution in [1.82, 2.24) is 4.90 Å². The number of nitrogens with one attached hydrogen (secondary N) is 1. The molecule has 0 spiro atoms. The highest BCUT2D eigenvalue weighted by molar-refractivity contribution is 7.99. The van der Waals surface area contributed by atoms with Crippen LogP contribution < -0.4 is 5.32 Å². The Morgan fingerprint density at radius 3 is 2.75 bits per heavy atom. The molecule has 0 radical (unpaired) electrons. The van der Waals surface area contributed by atoms with E-state index in [0.717, 1.165) is 24.0 Å². The van der Waals surface area contributed by atoms with Crippen molar-refractivity contribution in [2.75, 3.05) is 23.9 Å². The highest BCUT2D eigenvalue weighted by Gasteiger charge is 2.24. The molecule has 0 aromatic heterocycles. The smallest absolute Gasteiger partial charge is 0.335 e. The zero-order valence-electron chi connectivity index (χ0n) is 11.0. The van der Waals surface area contributed by atoms with Gasteiger partial charge in [0.05, 0.1) is 11.3 Å². The van der Waals surface area contributed by atoms with E-state index >= 15 is 0 Å². The van der Waals surface area contributed by atoms with Gasteiger partial charge in [0, 0.05) is 18.8 Å². The first-order chi connectivity index (χ1) is 9.49. The SMILES string of the molecule is CN(C(=O)Nc1ccc(C(=O)O)cc1O)C1CCSC1. The van der Waals surface area contributed by atoms with Crippen molar-refractivity contribution in [2.45, 2.75) is 12.5 Å². The normalized spacial score (nSPS) is 17.8. The van der Waals surface area contributed by atoms with Gasteiger partial charge in [-0.2, -0.15) is 11.8 Å². The Morgan fingerprint density at radius 1 is 1.45 bits per heavy atom. The number of urea groups is 1. The molecule has 1 aliphatic rings. The van der Waals surface area contributed by atoms with Crippen LogP contribution in [0.15, 0.2) is 18.2 Å². The monoisotopic (exact) mass is 296 g/mol. The molecule has 0 saturated carbocycles. The Hall–Kier alpha value is -1.89. The molecule has 1 aromatic carbocycles. The average Bonchev–Trinajstić information content (AvgIpc) is 2.93. The van der Waals surface area contributed by atoms with Gasteiger partial charge in [-0.15, -0.1) is 0 Å². The van der Waals surface area contributed by atoms with Gasteiger partial charge >= 0.3 is 12.0 Å². The number of phenolic OH excluding ortho intramolecular Hbond substituents is 1. The standard InChI is InChI=1S/C13H16N2O4S/c1-15(9-4-5-20-7-9)13(19)14-10-3-2-8(12(17)18)6-11(10)16/h2-3,6,9,16H,4-5,7H2,1H3,(H,14,19)(H,17,18). The lowest BCUT2D eigenvalue weighted by Gasteiger charge is -2.24. The number of rotatable bonds is 3. The minimum absolute atomic E-state index is 0.0268. The van der Waals surface area contributed by atoms with Gasteiger partial charge < -0.3 is 20.4 Å². The summed E-state index contributed by atoms with van der Waals surface area (Å²) >= 11 is 1.81. The second kappa shape index (κ2) is 6.04. The Bertz CT molecular complexity index is 529. The lowest BCUT2D eigenvalue weighted by molar-refractivity contribution is 0.0696. The van der Waals surface area contributed by atoms with E-state index in [1.165, 1.54) is 12.1 Å². The average molecular weight is 296 g/mol. The van der Waals surface area contributed by atoms with E-state index in [1.807, 2.05) is 0 Å². The van der Waals surface area contributed by atoms with Gasteiger partial charge in [0.1, 0.15) is 5.75 Å². The fourth-order valence-electron chi connectivity index (χ4n) is 1.97. The van der Waals surface area contributed by atoms with E-state index in [0.29, 0.717) is 0 Å². The van der Waals surface area contributed by atoms with Crippen LogP contribution in [0, 0.1) is 0 Å². The van der Waals surface area contributed by atoms with E-state index in [-0.39, 0.29) is 29.1 Å². The van der Waals surface area contributed by atoms with Crippen molar-refractivity contribution in [3.63, 3.8) is 0 Å². The van der Waals surface area contributed by atoms with Crippen LogP contribution in [0.1, 0.15) is 16.8 Å². The fraction of sp³-hybridized carbons (Fsp3) is 0.385. The van der Waals surface area contributed by atoms with Gasteiger partial charge in [-0.05, 0) is 30.4 Å². The summed E-state index contributed by atoms with van der Waals surface area (Å²) in [5, 5.41) is 21.1. The maximum Gasteiger partial charge on any atom is 0.335 e. The molecule has 1 fully saturated rings. The van der Waals surface area contributed by atoms with E-state index < -0.39 is 5.97 Å². The molecule has 1 saturated heterocycles. The lowest BCUT2D eigenvalue weighted by Crippen LogP contribution is -2.39. The highest BCUT2D eigenvalue weighted by atomic mass is 32.2. The van der Waals surface area contributed by atoms with Crippen LogP contribution in [0.5, 0.6) is 5.75 Å². The molecule has 0 bridgehead atoms. The number of carboxylic acid groups (broad SMARTS) is 1. The fourth-order valence-corrected chi connectivity index (χ4v) is 3.23. The number of aromatic hydroxyl groups is 1. The number of nitrogens with zero attached hydrogens (tertiary/aromatic N) is 1. The van der Waals surface area contributed by atoms with E-state index in [1.54, 1.807) is 23.7 Å². The van der Waals surface area contributed by atoms with Gasteiger partial charge in [-0.3, -0.25) is 0 Å². The summed E-state index contributed by atoms with van der Waals surface area (Å²) in [5.41, 5.74) is 0.179. The largest absolute Gasteiger partial charge is 0.506 e. The summed E-state index contributed by atoms with van der Waals surface area (Å²) in [6.07, 6.45) is 0.957. The van der Waals surface area contributed by atoms with Crippen LogP contribution in [0.2, 0.25) is 0 Å². The van der Waals surface area contributed by atoms with Crippen LogP contribution in [0.4, 0.5) is 10.5 Å². The second-order valence-corrected chi connectivity index (χ2v) is 5.75. The number of carbonyl (C=O) groups excluding carboxylic acids is 1. The summed E-state index contributed by atoms with van der Waals surface area (Å²) < 4.78 is 0. The third-order valence-electron chi connectivity index (χ3n) is 3.26. The summed E-state index contributed by atoms with van der Waals surface area (Å²) in [6, 6.07) is 3.72. The number of carbonyl (C=O) groups is 2. The molecule has 2 amide bonds. The number of thioether (sulfide) groups is 1. The molecular weight excluding hydrogens is 280 g/mol. The molecule has 0 aliphatic carbocycles. The molecule has 1 aromatic rings. The van der Waals surface area contributed by atoms with Gasteiger partial charge in [0.25, 0.3) is 0 Å². The molecular formula is C13H16N2O4S. The highest BCUT2D eigenvalue weighted by Crippen LogP contribution is 2.26. The number of hydrogen-bond acceptors (Lipinski definition) is 4. The molecule has 3 N–H and O–H groups in total. The topological polar surface area (TPSA) is 89.9 Å². The molecule has 108 valence electrons. The molecule has 2 rings (SSSR count). The Morgan fingerprint density at radius 2 is 2.20 bits per heavy atom. The lowest BCUT2D eigenvalue weighted by atomic mass is 10.2. The Balaban J connectivity index is 2.05. The zero-order chi connectivity index (χ0) is 14.7. The minimum atomic E-state index is -1.13. The van der Waals surface area contributed by atoms with E-state index in [2.05, 4.69) is 5.32 Å². The summed E-state index contributed by atoms with van der Waals surface area (Å²) in [7, 11) is 1.72. The van der Waals surface area contributed by atoms with Crippen LogP contribution in [-0.2, 0) is 0 Å². The molecule has 20 heavy (non-hydrogen) atoms. The molecule has 6 nitrogen and oxygen atoms in total. The number of amides is 2. The number of hydrogen-bond donors (Lipinski definition) is 3. The maximum atomic E-state index is 12.0. The third-order valence-corrected chi connectivity index (χ3v) is 4.40. The predicted molar refractivity (Wildman–Crippen MR) is 77.6 cm³/mol. The number of anilines is 1. The maximum absolute atomic E-state index is 12.0.